The van der Waals surface area contributed by atoms with Gasteiger partial charge >= 0.3 is 6.18 Å². The van der Waals surface area contributed by atoms with Crippen LogP contribution in [-0.4, -0.2) is 24.1 Å². The number of benzene rings is 2. The first kappa shape index (κ1) is 24.4. The van der Waals surface area contributed by atoms with Gasteiger partial charge in [-0.3, -0.25) is 15.0 Å². The van der Waals surface area contributed by atoms with Gasteiger partial charge in [0.2, 0.25) is 0 Å². The number of nitrogens with zero attached hydrogens (tertiary/aromatic N) is 2. The highest BCUT2D eigenvalue weighted by Crippen LogP contribution is 2.30. The Balaban J connectivity index is 1.89. The van der Waals surface area contributed by atoms with Crippen LogP contribution in [0.25, 0.3) is 10.8 Å². The average molecular weight is 482 g/mol. The molecule has 0 saturated heterocycles. The van der Waals surface area contributed by atoms with Crippen LogP contribution in [0.1, 0.15) is 42.2 Å². The van der Waals surface area contributed by atoms with E-state index in [0.717, 1.165) is 35.7 Å². The van der Waals surface area contributed by atoms with Gasteiger partial charge in [-0.05, 0) is 30.7 Å². The van der Waals surface area contributed by atoms with Crippen molar-refractivity contribution in [3.05, 3.63) is 70.1 Å². The lowest BCUT2D eigenvalue weighted by Gasteiger charge is -2.13. The van der Waals surface area contributed by atoms with E-state index < -0.39 is 32.6 Å². The largest absolute Gasteiger partial charge is 0.416 e. The number of halogens is 3. The van der Waals surface area contributed by atoms with Crippen molar-refractivity contribution in [1.82, 2.24) is 20.0 Å². The van der Waals surface area contributed by atoms with E-state index >= 15 is 0 Å². The molecule has 0 spiro atoms. The lowest BCUT2D eigenvalue weighted by molar-refractivity contribution is -0.137. The monoisotopic (exact) mass is 482 g/mol. The molecule has 8 nitrogen and oxygen atoms in total. The Labute approximate surface area is 187 Å². The molecule has 0 atom stereocenters. The predicted molar refractivity (Wildman–Crippen MR) is 115 cm³/mol. The van der Waals surface area contributed by atoms with Gasteiger partial charge in [-0.1, -0.05) is 44.0 Å². The number of hydrazine groups is 1. The van der Waals surface area contributed by atoms with Crippen molar-refractivity contribution in [3.8, 4) is 0 Å². The number of amides is 1. The van der Waals surface area contributed by atoms with E-state index in [2.05, 4.69) is 5.10 Å². The first-order valence-corrected chi connectivity index (χ1v) is 11.5. The molecule has 0 unspecified atom stereocenters. The highest BCUT2D eigenvalue weighted by Gasteiger charge is 2.31. The summed E-state index contributed by atoms with van der Waals surface area (Å²) in [6.45, 7) is 2.26. The summed E-state index contributed by atoms with van der Waals surface area (Å²) in [6.07, 6.45) is -2.32. The number of alkyl halides is 3. The molecule has 12 heteroatoms. The van der Waals surface area contributed by atoms with Crippen LogP contribution >= 0.6 is 0 Å². The van der Waals surface area contributed by atoms with Crippen LogP contribution in [0.5, 0.6) is 0 Å². The molecule has 2 aromatic carbocycles. The summed E-state index contributed by atoms with van der Waals surface area (Å²) in [6, 6.07) is 9.33. The van der Waals surface area contributed by atoms with Crippen molar-refractivity contribution >= 4 is 26.7 Å². The third kappa shape index (κ3) is 5.57. The summed E-state index contributed by atoms with van der Waals surface area (Å²) < 4.78 is 64.7. The fourth-order valence-corrected chi connectivity index (χ4v) is 4.02. The quantitative estimate of drug-likeness (QED) is 0.378. The number of sulfonamides is 1. The molecule has 1 aromatic heterocycles. The molecule has 0 fully saturated rings. The molecule has 33 heavy (non-hydrogen) atoms. The summed E-state index contributed by atoms with van der Waals surface area (Å²) in [5.41, 5.74) is 0.230. The Bertz CT molecular complexity index is 1340. The lowest BCUT2D eigenvalue weighted by Crippen LogP contribution is -2.42. The summed E-state index contributed by atoms with van der Waals surface area (Å²) in [7, 11) is -4.51. The van der Waals surface area contributed by atoms with E-state index in [-0.39, 0.29) is 28.6 Å². The topological polar surface area (TPSA) is 110 Å². The number of fused-ring (bicyclic) bond motifs is 1. The summed E-state index contributed by atoms with van der Waals surface area (Å²) in [5, 5.41) is 4.54. The van der Waals surface area contributed by atoms with E-state index in [1.165, 1.54) is 12.1 Å². The van der Waals surface area contributed by atoms with Gasteiger partial charge < -0.3 is 0 Å². The van der Waals surface area contributed by atoms with Crippen LogP contribution in [0.2, 0.25) is 0 Å². The molecule has 3 aromatic rings. The Morgan fingerprint density at radius 2 is 1.76 bits per heavy atom. The number of nitrogens with one attached hydrogen (secondary N) is 2. The van der Waals surface area contributed by atoms with Crippen molar-refractivity contribution in [2.45, 2.75) is 43.8 Å². The third-order valence-corrected chi connectivity index (χ3v) is 6.07. The fourth-order valence-electron chi connectivity index (χ4n) is 3.14. The molecule has 0 aliphatic rings. The second-order valence-electron chi connectivity index (χ2n) is 7.21. The molecule has 0 radical (unpaired) electrons. The second kappa shape index (κ2) is 9.71. The molecule has 0 saturated carbocycles. The Hall–Kier alpha value is -3.25. The molecule has 0 aliphatic heterocycles. The van der Waals surface area contributed by atoms with Crippen molar-refractivity contribution in [1.29, 1.82) is 0 Å². The first-order chi connectivity index (χ1) is 15.5. The molecule has 3 rings (SSSR count). The molecular weight excluding hydrogens is 461 g/mol. The lowest BCUT2D eigenvalue weighted by atomic mass is 10.1. The van der Waals surface area contributed by atoms with Gasteiger partial charge in [-0.2, -0.15) is 18.3 Å². The summed E-state index contributed by atoms with van der Waals surface area (Å²) >= 11 is 0. The van der Waals surface area contributed by atoms with Gasteiger partial charge in [0.15, 0.2) is 5.69 Å². The number of unbranched alkanes of at least 4 members (excludes halogenated alkanes) is 2. The van der Waals surface area contributed by atoms with Crippen LogP contribution < -0.4 is 15.8 Å². The minimum absolute atomic E-state index is 0.201. The Kier molecular flexibility index (Phi) is 7.18. The van der Waals surface area contributed by atoms with Gasteiger partial charge in [0, 0.05) is 11.9 Å². The predicted octanol–water partition coefficient (Wildman–Crippen LogP) is 3.23. The van der Waals surface area contributed by atoms with E-state index in [4.69, 9.17) is 0 Å². The second-order valence-corrected chi connectivity index (χ2v) is 8.90. The highest BCUT2D eigenvalue weighted by atomic mass is 32.2. The molecular formula is C21H21F3N4O4S. The number of hydrogen-bond donors (Lipinski definition) is 2. The molecule has 2 N–H and O–H groups in total. The Morgan fingerprint density at radius 3 is 2.42 bits per heavy atom. The molecule has 0 bridgehead atoms. The average Bonchev–Trinajstić information content (AvgIpc) is 2.79. The molecule has 176 valence electrons. The van der Waals surface area contributed by atoms with E-state index in [9.17, 15) is 31.2 Å². The van der Waals surface area contributed by atoms with Crippen molar-refractivity contribution in [2.75, 3.05) is 0 Å². The number of carbonyl (C=O) groups excluding carboxylic acids is 1. The zero-order valence-corrected chi connectivity index (χ0v) is 18.3. The van der Waals surface area contributed by atoms with Gasteiger partial charge in [-0.15, -0.1) is 4.83 Å². The normalized spacial score (nSPS) is 12.1. The Morgan fingerprint density at radius 1 is 1.06 bits per heavy atom. The number of aryl methyl sites for hydroxylation is 1. The zero-order chi connectivity index (χ0) is 24.2. The smallest absolute Gasteiger partial charge is 0.272 e. The summed E-state index contributed by atoms with van der Waals surface area (Å²) in [5.74, 6) is -0.967. The van der Waals surface area contributed by atoms with Crippen molar-refractivity contribution < 1.29 is 26.4 Å². The van der Waals surface area contributed by atoms with Crippen LogP contribution in [0.4, 0.5) is 13.2 Å². The molecule has 0 aliphatic carbocycles. The minimum Gasteiger partial charge on any atom is -0.272 e. The van der Waals surface area contributed by atoms with Gasteiger partial charge in [0.05, 0.1) is 15.8 Å². The van der Waals surface area contributed by atoms with E-state index in [1.807, 2.05) is 12.3 Å². The maximum absolute atomic E-state index is 12.9. The van der Waals surface area contributed by atoms with Gasteiger partial charge in [-0.25, -0.2) is 13.1 Å². The number of rotatable bonds is 8. The molecule has 1 amide bonds. The van der Waals surface area contributed by atoms with Crippen LogP contribution in [0, 0.1) is 0 Å². The minimum atomic E-state index is -4.73. The maximum Gasteiger partial charge on any atom is 0.416 e. The fraction of sp³-hybridized carbons (Fsp3) is 0.286. The van der Waals surface area contributed by atoms with E-state index in [0.29, 0.717) is 12.5 Å². The van der Waals surface area contributed by atoms with E-state index in [1.54, 1.807) is 17.0 Å². The standard InChI is InChI=1S/C21H21F3N4O4S/c1-2-3-6-12-28-20(30)17-11-5-4-10-16(17)18(26-28)19(29)25-27-33(31,32)15-9-7-8-14(13-15)21(22,23)24/h4-5,7-11,13,27H,2-3,6,12H2,1H3,(H,25,29). The summed E-state index contributed by atoms with van der Waals surface area (Å²) in [4.78, 5) is 26.5. The number of carbonyl (C=O) groups is 1. The van der Waals surface area contributed by atoms with Crippen molar-refractivity contribution in [3.63, 3.8) is 0 Å². The van der Waals surface area contributed by atoms with Crippen LogP contribution in [-0.2, 0) is 22.7 Å². The highest BCUT2D eigenvalue weighted by molar-refractivity contribution is 7.89. The third-order valence-electron chi connectivity index (χ3n) is 4.83. The van der Waals surface area contributed by atoms with Crippen LogP contribution in [0.3, 0.4) is 0 Å². The van der Waals surface area contributed by atoms with Gasteiger partial charge in [0.1, 0.15) is 0 Å². The van der Waals surface area contributed by atoms with Crippen LogP contribution in [0.15, 0.2) is 58.2 Å². The SMILES string of the molecule is CCCCCn1nc(C(=O)NNS(=O)(=O)c2cccc(C(F)(F)F)c2)c2ccccc2c1=O. The maximum atomic E-state index is 12.9. The number of hydrogen-bond acceptors (Lipinski definition) is 5. The first-order valence-electron chi connectivity index (χ1n) is 10.0. The number of aromatic nitrogens is 2. The van der Waals surface area contributed by atoms with Gasteiger partial charge in [0.25, 0.3) is 21.5 Å². The zero-order valence-electron chi connectivity index (χ0n) is 17.5. The molecule has 1 heterocycles. The van der Waals surface area contributed by atoms with Crippen molar-refractivity contribution in [2.24, 2.45) is 0 Å².